The normalized spacial score (nSPS) is 18.7. The third-order valence-electron chi connectivity index (χ3n) is 6.58. The number of carbonyl (C=O) groups is 1. The van der Waals surface area contributed by atoms with Gasteiger partial charge in [0.1, 0.15) is 11.5 Å². The molecule has 0 spiro atoms. The molecule has 1 aliphatic heterocycles. The van der Waals surface area contributed by atoms with Gasteiger partial charge < -0.3 is 13.9 Å². The Bertz CT molecular complexity index is 1080. The summed E-state index contributed by atoms with van der Waals surface area (Å²) in [6.07, 6.45) is 3.40. The van der Waals surface area contributed by atoms with Crippen LogP contribution in [0.2, 0.25) is 0 Å². The van der Waals surface area contributed by atoms with Crippen LogP contribution in [0.25, 0.3) is 10.8 Å². The summed E-state index contributed by atoms with van der Waals surface area (Å²) in [5.41, 5.74) is 1.73. The number of piperidine rings is 1. The van der Waals surface area contributed by atoms with Crippen molar-refractivity contribution in [2.75, 3.05) is 26.3 Å². The number of hydrogen-bond donors (Lipinski definition) is 0. The van der Waals surface area contributed by atoms with E-state index in [1.54, 1.807) is 11.3 Å². The number of nitrogens with zero attached hydrogens (tertiary/aromatic N) is 2. The number of rotatable bonds is 10. The molecule has 34 heavy (non-hydrogen) atoms. The van der Waals surface area contributed by atoms with Crippen molar-refractivity contribution in [2.45, 2.75) is 53.0 Å². The quantitative estimate of drug-likeness (QED) is 0.336. The number of benzene rings is 1. The van der Waals surface area contributed by atoms with Gasteiger partial charge >= 0.3 is 5.97 Å². The van der Waals surface area contributed by atoms with Gasteiger partial charge in [-0.2, -0.15) is 0 Å². The molecule has 1 saturated heterocycles. The Morgan fingerprint density at radius 1 is 1.26 bits per heavy atom. The number of aromatic nitrogens is 1. The minimum atomic E-state index is -0.389. The van der Waals surface area contributed by atoms with Crippen molar-refractivity contribution < 1.29 is 18.7 Å². The molecule has 6 nitrogen and oxygen atoms in total. The molecule has 1 atom stereocenters. The average molecular weight is 483 g/mol. The summed E-state index contributed by atoms with van der Waals surface area (Å²) in [6.45, 7) is 9.41. The number of esters is 1. The molecule has 1 aliphatic rings. The molecule has 182 valence electrons. The Hall–Kier alpha value is -2.64. The van der Waals surface area contributed by atoms with E-state index in [1.807, 2.05) is 43.5 Å². The van der Waals surface area contributed by atoms with Gasteiger partial charge in [0.15, 0.2) is 0 Å². The zero-order valence-electron chi connectivity index (χ0n) is 20.3. The standard InChI is InChI=1S/C27H34N2O4S/c1-4-27(26(30)31-5-2)13-8-14-29(19-27)18-21-9-6-10-22(17-21)32-15-12-23-20(3)33-25(28-23)24-11-7-16-34-24/h6-7,9-11,16-17H,4-5,8,12-15,18-19H2,1-3H3. The summed E-state index contributed by atoms with van der Waals surface area (Å²) < 4.78 is 17.3. The Morgan fingerprint density at radius 2 is 2.15 bits per heavy atom. The molecule has 0 aliphatic carbocycles. The van der Waals surface area contributed by atoms with Gasteiger partial charge in [0.25, 0.3) is 0 Å². The van der Waals surface area contributed by atoms with E-state index in [0.717, 1.165) is 61.0 Å². The second-order valence-corrected chi connectivity index (χ2v) is 9.86. The van der Waals surface area contributed by atoms with Gasteiger partial charge in [0.2, 0.25) is 5.89 Å². The van der Waals surface area contributed by atoms with Crippen LogP contribution in [0.15, 0.2) is 46.2 Å². The van der Waals surface area contributed by atoms with Crippen LogP contribution in [0.4, 0.5) is 0 Å². The summed E-state index contributed by atoms with van der Waals surface area (Å²) >= 11 is 1.62. The first-order valence-corrected chi connectivity index (χ1v) is 13.0. The zero-order chi connectivity index (χ0) is 24.0. The average Bonchev–Trinajstić information content (AvgIpc) is 3.50. The van der Waals surface area contributed by atoms with Crippen LogP contribution in [-0.4, -0.2) is 42.2 Å². The molecule has 3 heterocycles. The summed E-state index contributed by atoms with van der Waals surface area (Å²) in [4.78, 5) is 20.7. The van der Waals surface area contributed by atoms with Crippen LogP contribution >= 0.6 is 11.3 Å². The van der Waals surface area contributed by atoms with E-state index in [1.165, 1.54) is 5.56 Å². The maximum absolute atomic E-state index is 12.7. The van der Waals surface area contributed by atoms with Gasteiger partial charge in [-0.05, 0) is 68.8 Å². The number of aryl methyl sites for hydroxylation is 1. The highest BCUT2D eigenvalue weighted by Gasteiger charge is 2.41. The van der Waals surface area contributed by atoms with Crippen molar-refractivity contribution in [3.05, 3.63) is 58.8 Å². The summed E-state index contributed by atoms with van der Waals surface area (Å²) in [5.74, 6) is 2.31. The lowest BCUT2D eigenvalue weighted by atomic mass is 9.77. The Kier molecular flexibility index (Phi) is 8.06. The summed E-state index contributed by atoms with van der Waals surface area (Å²) in [7, 11) is 0. The summed E-state index contributed by atoms with van der Waals surface area (Å²) in [5, 5.41) is 2.02. The van der Waals surface area contributed by atoms with Crippen LogP contribution in [0.5, 0.6) is 5.75 Å². The Labute approximate surface area is 205 Å². The number of thiophene rings is 1. The topological polar surface area (TPSA) is 64.8 Å². The van der Waals surface area contributed by atoms with E-state index < -0.39 is 0 Å². The molecule has 1 fully saturated rings. The fourth-order valence-electron chi connectivity index (χ4n) is 4.67. The van der Waals surface area contributed by atoms with E-state index in [0.29, 0.717) is 25.5 Å². The molecule has 7 heteroatoms. The lowest BCUT2D eigenvalue weighted by molar-refractivity contribution is -0.159. The zero-order valence-corrected chi connectivity index (χ0v) is 21.2. The van der Waals surface area contributed by atoms with Crippen molar-refractivity contribution in [2.24, 2.45) is 5.41 Å². The highest BCUT2D eigenvalue weighted by molar-refractivity contribution is 7.13. The molecule has 0 bridgehead atoms. The second-order valence-electron chi connectivity index (χ2n) is 8.91. The number of oxazole rings is 1. The first kappa shape index (κ1) is 24.5. The van der Waals surface area contributed by atoms with Crippen molar-refractivity contribution in [1.82, 2.24) is 9.88 Å². The van der Waals surface area contributed by atoms with Crippen LogP contribution < -0.4 is 4.74 Å². The molecular weight excluding hydrogens is 448 g/mol. The highest BCUT2D eigenvalue weighted by Crippen LogP contribution is 2.35. The van der Waals surface area contributed by atoms with Crippen molar-refractivity contribution in [3.8, 4) is 16.5 Å². The molecule has 1 aromatic carbocycles. The largest absolute Gasteiger partial charge is 0.493 e. The van der Waals surface area contributed by atoms with E-state index in [4.69, 9.17) is 13.9 Å². The fourth-order valence-corrected chi connectivity index (χ4v) is 5.32. The Balaban J connectivity index is 1.33. The maximum atomic E-state index is 12.7. The molecule has 3 aromatic rings. The highest BCUT2D eigenvalue weighted by atomic mass is 32.1. The molecule has 4 rings (SSSR count). The third kappa shape index (κ3) is 5.70. The number of carbonyl (C=O) groups excluding carboxylic acids is 1. The predicted octanol–water partition coefficient (Wildman–Crippen LogP) is 5.89. The fraction of sp³-hybridized carbons (Fsp3) is 0.481. The van der Waals surface area contributed by atoms with Crippen LogP contribution in [0.3, 0.4) is 0 Å². The monoisotopic (exact) mass is 482 g/mol. The van der Waals surface area contributed by atoms with Crippen LogP contribution in [-0.2, 0) is 22.5 Å². The van der Waals surface area contributed by atoms with Gasteiger partial charge in [0.05, 0.1) is 29.2 Å². The molecule has 0 saturated carbocycles. The van der Waals surface area contributed by atoms with Crippen molar-refractivity contribution in [1.29, 1.82) is 0 Å². The molecule has 0 radical (unpaired) electrons. The predicted molar refractivity (Wildman–Crippen MR) is 134 cm³/mol. The van der Waals surface area contributed by atoms with E-state index >= 15 is 0 Å². The van der Waals surface area contributed by atoms with Gasteiger partial charge in [-0.1, -0.05) is 25.1 Å². The van der Waals surface area contributed by atoms with Crippen LogP contribution in [0, 0.1) is 12.3 Å². The van der Waals surface area contributed by atoms with Gasteiger partial charge in [0, 0.05) is 19.5 Å². The lowest BCUT2D eigenvalue weighted by Gasteiger charge is -2.40. The molecule has 1 unspecified atom stereocenters. The minimum Gasteiger partial charge on any atom is -0.493 e. The molecule has 0 N–H and O–H groups in total. The van der Waals surface area contributed by atoms with Crippen LogP contribution in [0.1, 0.15) is 50.1 Å². The minimum absolute atomic E-state index is 0.0512. The lowest BCUT2D eigenvalue weighted by Crippen LogP contribution is -2.47. The second kappa shape index (κ2) is 11.2. The van der Waals surface area contributed by atoms with Crippen molar-refractivity contribution >= 4 is 17.3 Å². The molecule has 0 amide bonds. The van der Waals surface area contributed by atoms with Gasteiger partial charge in [-0.3, -0.25) is 9.69 Å². The first-order valence-electron chi connectivity index (χ1n) is 12.1. The van der Waals surface area contributed by atoms with E-state index in [2.05, 4.69) is 28.9 Å². The number of likely N-dealkylation sites (tertiary alicyclic amines) is 1. The number of ether oxygens (including phenoxy) is 2. The number of hydrogen-bond acceptors (Lipinski definition) is 7. The van der Waals surface area contributed by atoms with E-state index in [-0.39, 0.29) is 11.4 Å². The summed E-state index contributed by atoms with van der Waals surface area (Å²) in [6, 6.07) is 12.2. The first-order chi connectivity index (χ1) is 16.5. The van der Waals surface area contributed by atoms with Gasteiger partial charge in [-0.15, -0.1) is 11.3 Å². The Morgan fingerprint density at radius 3 is 2.91 bits per heavy atom. The van der Waals surface area contributed by atoms with E-state index in [9.17, 15) is 4.79 Å². The third-order valence-corrected chi connectivity index (χ3v) is 7.44. The SMILES string of the molecule is CCOC(=O)C1(CC)CCCN(Cc2cccc(OCCc3nc(-c4cccs4)oc3C)c2)C1. The maximum Gasteiger partial charge on any atom is 0.313 e. The van der Waals surface area contributed by atoms with Gasteiger partial charge in [-0.25, -0.2) is 4.98 Å². The molecular formula is C27H34N2O4S. The smallest absolute Gasteiger partial charge is 0.313 e. The molecule has 2 aromatic heterocycles. The van der Waals surface area contributed by atoms with Crippen molar-refractivity contribution in [3.63, 3.8) is 0 Å².